The third-order valence-corrected chi connectivity index (χ3v) is 3.57. The number of hydrogen-bond donors (Lipinski definition) is 1. The largest absolute Gasteiger partial charge is 0.479 e. The third kappa shape index (κ3) is 3.24. The molecule has 1 aromatic heterocycles. The molecule has 0 bridgehead atoms. The number of benzene rings is 1. The van der Waals surface area contributed by atoms with Crippen molar-refractivity contribution in [3.8, 4) is 11.3 Å². The van der Waals surface area contributed by atoms with Gasteiger partial charge in [0.2, 0.25) is 0 Å². The molecule has 1 unspecified atom stereocenters. The van der Waals surface area contributed by atoms with Crippen molar-refractivity contribution >= 4 is 11.9 Å². The fourth-order valence-electron chi connectivity index (χ4n) is 2.36. The number of hydrogen-bond acceptors (Lipinski definition) is 4. The lowest BCUT2D eigenvalue weighted by Crippen LogP contribution is -2.48. The molecule has 1 aromatic carbocycles. The Bertz CT molecular complexity index is 724. The second kappa shape index (κ2) is 6.21. The van der Waals surface area contributed by atoms with E-state index in [1.165, 1.54) is 23.1 Å². The highest BCUT2D eigenvalue weighted by molar-refractivity contribution is 5.92. The van der Waals surface area contributed by atoms with Crippen LogP contribution in [0.5, 0.6) is 0 Å². The Labute approximate surface area is 131 Å². The van der Waals surface area contributed by atoms with E-state index < -0.39 is 18.0 Å². The van der Waals surface area contributed by atoms with Gasteiger partial charge in [0.1, 0.15) is 11.6 Å². The Morgan fingerprint density at radius 3 is 2.61 bits per heavy atom. The Kier molecular flexibility index (Phi) is 4.12. The number of carbonyl (C=O) groups excluding carboxylic acids is 1. The van der Waals surface area contributed by atoms with E-state index in [4.69, 9.17) is 14.3 Å². The molecule has 6 nitrogen and oxygen atoms in total. The molecule has 1 amide bonds. The molecule has 3 rings (SSSR count). The van der Waals surface area contributed by atoms with Crippen LogP contribution in [0.2, 0.25) is 0 Å². The number of aliphatic carboxylic acids is 1. The quantitative estimate of drug-likeness (QED) is 0.936. The summed E-state index contributed by atoms with van der Waals surface area (Å²) in [4.78, 5) is 24.7. The first-order valence-electron chi connectivity index (χ1n) is 7.04. The van der Waals surface area contributed by atoms with Crippen molar-refractivity contribution in [2.45, 2.75) is 6.10 Å². The molecule has 0 aliphatic carbocycles. The zero-order valence-corrected chi connectivity index (χ0v) is 12.1. The minimum Gasteiger partial charge on any atom is -0.479 e. The number of amides is 1. The van der Waals surface area contributed by atoms with Gasteiger partial charge in [-0.05, 0) is 36.4 Å². The molecule has 0 radical (unpaired) electrons. The number of carboxylic acid groups (broad SMARTS) is 1. The van der Waals surface area contributed by atoms with Gasteiger partial charge in [-0.3, -0.25) is 4.79 Å². The molecule has 1 aliphatic rings. The molecule has 120 valence electrons. The topological polar surface area (TPSA) is 80.0 Å². The number of rotatable bonds is 3. The lowest BCUT2D eigenvalue weighted by Gasteiger charge is -2.30. The van der Waals surface area contributed by atoms with Crippen LogP contribution >= 0.6 is 0 Å². The molecule has 2 heterocycles. The standard InChI is InChI=1S/C16H14FNO5/c17-11-3-1-10(2-4-11)12-5-6-13(23-12)15(19)18-7-8-22-14(9-18)16(20)21/h1-6,14H,7-9H2,(H,20,21). The average molecular weight is 319 g/mol. The summed E-state index contributed by atoms with van der Waals surface area (Å²) in [5.74, 6) is -1.31. The van der Waals surface area contributed by atoms with Crippen molar-refractivity contribution in [1.82, 2.24) is 4.90 Å². The van der Waals surface area contributed by atoms with Crippen LogP contribution in [-0.2, 0) is 9.53 Å². The molecular formula is C16H14FNO5. The summed E-state index contributed by atoms with van der Waals surface area (Å²) >= 11 is 0. The van der Waals surface area contributed by atoms with Crippen molar-refractivity contribution in [1.29, 1.82) is 0 Å². The minimum atomic E-state index is -1.10. The fourth-order valence-corrected chi connectivity index (χ4v) is 2.36. The monoisotopic (exact) mass is 319 g/mol. The van der Waals surface area contributed by atoms with E-state index in [9.17, 15) is 14.0 Å². The number of halogens is 1. The second-order valence-corrected chi connectivity index (χ2v) is 5.12. The van der Waals surface area contributed by atoms with Gasteiger partial charge in [0.05, 0.1) is 13.2 Å². The van der Waals surface area contributed by atoms with E-state index in [1.807, 2.05) is 0 Å². The van der Waals surface area contributed by atoms with Gasteiger partial charge in [-0.1, -0.05) is 0 Å². The highest BCUT2D eigenvalue weighted by atomic mass is 19.1. The smallest absolute Gasteiger partial charge is 0.334 e. The molecule has 1 atom stereocenters. The van der Waals surface area contributed by atoms with Crippen LogP contribution < -0.4 is 0 Å². The predicted molar refractivity (Wildman–Crippen MR) is 77.4 cm³/mol. The number of carbonyl (C=O) groups is 2. The summed E-state index contributed by atoms with van der Waals surface area (Å²) in [7, 11) is 0. The van der Waals surface area contributed by atoms with Crippen molar-refractivity contribution in [3.05, 3.63) is 48.0 Å². The summed E-state index contributed by atoms with van der Waals surface area (Å²) in [5, 5.41) is 8.97. The maximum absolute atomic E-state index is 12.9. The Morgan fingerprint density at radius 2 is 1.91 bits per heavy atom. The van der Waals surface area contributed by atoms with Gasteiger partial charge in [0.25, 0.3) is 5.91 Å². The van der Waals surface area contributed by atoms with Gasteiger partial charge in [0, 0.05) is 12.1 Å². The van der Waals surface area contributed by atoms with Gasteiger partial charge in [-0.25, -0.2) is 9.18 Å². The summed E-state index contributed by atoms with van der Waals surface area (Å²) in [5.41, 5.74) is 0.649. The van der Waals surface area contributed by atoms with E-state index in [2.05, 4.69) is 0 Å². The van der Waals surface area contributed by atoms with Crippen LogP contribution in [-0.4, -0.2) is 47.7 Å². The zero-order chi connectivity index (χ0) is 16.4. The molecule has 23 heavy (non-hydrogen) atoms. The maximum Gasteiger partial charge on any atom is 0.334 e. The molecule has 1 saturated heterocycles. The van der Waals surface area contributed by atoms with Gasteiger partial charge >= 0.3 is 5.97 Å². The molecule has 0 saturated carbocycles. The number of furan rings is 1. The van der Waals surface area contributed by atoms with Gasteiger partial charge in [-0.15, -0.1) is 0 Å². The van der Waals surface area contributed by atoms with Crippen molar-refractivity contribution in [3.63, 3.8) is 0 Å². The Balaban J connectivity index is 1.75. The summed E-state index contributed by atoms with van der Waals surface area (Å²) in [6.07, 6.45) is -1.03. The highest BCUT2D eigenvalue weighted by Gasteiger charge is 2.30. The van der Waals surface area contributed by atoms with Crippen molar-refractivity contribution in [2.75, 3.05) is 19.7 Å². The first kappa shape index (κ1) is 15.2. The van der Waals surface area contributed by atoms with Crippen LogP contribution in [0.1, 0.15) is 10.6 Å². The first-order valence-corrected chi connectivity index (χ1v) is 7.04. The first-order chi connectivity index (χ1) is 11.0. The predicted octanol–water partition coefficient (Wildman–Crippen LogP) is 2.01. The van der Waals surface area contributed by atoms with Crippen molar-refractivity contribution < 1.29 is 28.2 Å². The molecular weight excluding hydrogens is 305 g/mol. The molecule has 1 N–H and O–H groups in total. The van der Waals surface area contributed by atoms with E-state index in [0.29, 0.717) is 17.9 Å². The Hall–Kier alpha value is -2.67. The summed E-state index contributed by atoms with van der Waals surface area (Å²) in [6, 6.07) is 8.86. The minimum absolute atomic E-state index is 0.0270. The molecule has 0 spiro atoms. The molecule has 2 aromatic rings. The number of ether oxygens (including phenoxy) is 1. The van der Waals surface area contributed by atoms with Crippen LogP contribution in [0, 0.1) is 5.82 Å². The van der Waals surface area contributed by atoms with E-state index in [1.54, 1.807) is 18.2 Å². The summed E-state index contributed by atoms with van der Waals surface area (Å²) < 4.78 is 23.5. The highest BCUT2D eigenvalue weighted by Crippen LogP contribution is 2.23. The lowest BCUT2D eigenvalue weighted by atomic mass is 10.2. The van der Waals surface area contributed by atoms with Crippen LogP contribution in [0.25, 0.3) is 11.3 Å². The third-order valence-electron chi connectivity index (χ3n) is 3.57. The van der Waals surface area contributed by atoms with Crippen LogP contribution in [0.15, 0.2) is 40.8 Å². The fraction of sp³-hybridized carbons (Fsp3) is 0.250. The van der Waals surface area contributed by atoms with E-state index in [0.717, 1.165) is 0 Å². The number of carboxylic acids is 1. The normalized spacial score (nSPS) is 18.0. The second-order valence-electron chi connectivity index (χ2n) is 5.12. The maximum atomic E-state index is 12.9. The SMILES string of the molecule is O=C(O)C1CN(C(=O)c2ccc(-c3ccc(F)cc3)o2)CCO1. The van der Waals surface area contributed by atoms with Gasteiger partial charge in [-0.2, -0.15) is 0 Å². The van der Waals surface area contributed by atoms with E-state index in [-0.39, 0.29) is 24.7 Å². The van der Waals surface area contributed by atoms with Crippen molar-refractivity contribution in [2.24, 2.45) is 0 Å². The van der Waals surface area contributed by atoms with Crippen LogP contribution in [0.4, 0.5) is 4.39 Å². The molecule has 1 aliphatic heterocycles. The van der Waals surface area contributed by atoms with Crippen LogP contribution in [0.3, 0.4) is 0 Å². The zero-order valence-electron chi connectivity index (χ0n) is 12.1. The molecule has 1 fully saturated rings. The number of nitrogens with zero attached hydrogens (tertiary/aromatic N) is 1. The molecule has 7 heteroatoms. The summed E-state index contributed by atoms with van der Waals surface area (Å²) in [6.45, 7) is 0.435. The van der Waals surface area contributed by atoms with Gasteiger partial charge in [0.15, 0.2) is 11.9 Å². The Morgan fingerprint density at radius 1 is 1.17 bits per heavy atom. The number of morpholine rings is 1. The lowest BCUT2D eigenvalue weighted by molar-refractivity contribution is -0.154. The van der Waals surface area contributed by atoms with Gasteiger partial charge < -0.3 is 19.2 Å². The van der Waals surface area contributed by atoms with E-state index >= 15 is 0 Å². The average Bonchev–Trinajstić information content (AvgIpc) is 3.05.